The summed E-state index contributed by atoms with van der Waals surface area (Å²) in [5.74, 6) is 1.44. The fourth-order valence-corrected chi connectivity index (χ4v) is 2.17. The third-order valence-electron chi connectivity index (χ3n) is 3.07. The van der Waals surface area contributed by atoms with E-state index < -0.39 is 0 Å². The van der Waals surface area contributed by atoms with Gasteiger partial charge in [0.1, 0.15) is 6.54 Å². The third-order valence-corrected chi connectivity index (χ3v) is 3.07. The molecule has 0 spiro atoms. The second-order valence-corrected chi connectivity index (χ2v) is 4.30. The summed E-state index contributed by atoms with van der Waals surface area (Å²) in [5, 5.41) is 2.89. The zero-order chi connectivity index (χ0) is 12.1. The molecule has 1 aliphatic carbocycles. The Morgan fingerprint density at radius 3 is 2.71 bits per heavy atom. The number of hydrogen-bond acceptors (Lipinski definition) is 4. The summed E-state index contributed by atoms with van der Waals surface area (Å²) in [6, 6.07) is 5.51. The Hall–Kier alpha value is -1.58. The number of ether oxygens (including phenoxy) is 2. The molecule has 4 heteroatoms. The van der Waals surface area contributed by atoms with Crippen molar-refractivity contribution in [3.05, 3.63) is 28.7 Å². The van der Waals surface area contributed by atoms with Crippen LogP contribution in [0.15, 0.2) is 23.4 Å². The molecule has 1 saturated carbocycles. The molecule has 0 aliphatic heterocycles. The monoisotopic (exact) mass is 235 g/mol. The fourth-order valence-electron chi connectivity index (χ4n) is 2.17. The number of nitroso groups, excluding NO2 is 1. The first-order valence-electron chi connectivity index (χ1n) is 5.96. The summed E-state index contributed by atoms with van der Waals surface area (Å²) in [5.41, 5.74) is 0.855. The van der Waals surface area contributed by atoms with E-state index in [1.165, 1.54) is 12.8 Å². The molecule has 0 heterocycles. The zero-order valence-electron chi connectivity index (χ0n) is 10.0. The average Bonchev–Trinajstić information content (AvgIpc) is 2.83. The van der Waals surface area contributed by atoms with Crippen molar-refractivity contribution >= 4 is 0 Å². The van der Waals surface area contributed by atoms with Crippen molar-refractivity contribution in [2.24, 2.45) is 5.18 Å². The van der Waals surface area contributed by atoms with E-state index in [1.807, 2.05) is 18.2 Å². The predicted molar refractivity (Wildman–Crippen MR) is 65.4 cm³/mol. The van der Waals surface area contributed by atoms with Crippen molar-refractivity contribution in [2.45, 2.75) is 38.3 Å². The molecule has 1 fully saturated rings. The summed E-state index contributed by atoms with van der Waals surface area (Å²) >= 11 is 0. The van der Waals surface area contributed by atoms with Crippen molar-refractivity contribution < 1.29 is 9.47 Å². The Kier molecular flexibility index (Phi) is 3.96. The maximum atomic E-state index is 10.3. The number of benzene rings is 1. The normalized spacial score (nSPS) is 15.8. The van der Waals surface area contributed by atoms with Crippen LogP contribution < -0.4 is 9.47 Å². The zero-order valence-corrected chi connectivity index (χ0v) is 10.0. The van der Waals surface area contributed by atoms with Crippen molar-refractivity contribution in [1.82, 2.24) is 0 Å². The van der Waals surface area contributed by atoms with Crippen molar-refractivity contribution in [3.8, 4) is 11.5 Å². The Morgan fingerprint density at radius 1 is 1.29 bits per heavy atom. The van der Waals surface area contributed by atoms with Crippen LogP contribution in [0, 0.1) is 4.91 Å². The summed E-state index contributed by atoms with van der Waals surface area (Å²) in [6.07, 6.45) is 4.92. The summed E-state index contributed by atoms with van der Waals surface area (Å²) in [6.45, 7) is 0.172. The van der Waals surface area contributed by atoms with E-state index in [2.05, 4.69) is 5.18 Å². The molecule has 1 aromatic carbocycles. The molecule has 2 rings (SSSR count). The van der Waals surface area contributed by atoms with Crippen LogP contribution in [-0.2, 0) is 6.54 Å². The lowest BCUT2D eigenvalue weighted by Crippen LogP contribution is -2.11. The molecule has 0 aromatic heterocycles. The Labute approximate surface area is 101 Å². The third kappa shape index (κ3) is 2.96. The molecule has 0 amide bonds. The highest BCUT2D eigenvalue weighted by Gasteiger charge is 2.18. The van der Waals surface area contributed by atoms with Crippen LogP contribution >= 0.6 is 0 Å². The van der Waals surface area contributed by atoms with Gasteiger partial charge in [0.25, 0.3) is 0 Å². The highest BCUT2D eigenvalue weighted by molar-refractivity contribution is 5.43. The molecule has 0 radical (unpaired) electrons. The van der Waals surface area contributed by atoms with Crippen LogP contribution in [0.1, 0.15) is 31.2 Å². The second-order valence-electron chi connectivity index (χ2n) is 4.30. The molecule has 17 heavy (non-hydrogen) atoms. The lowest BCUT2D eigenvalue weighted by atomic mass is 10.2. The molecule has 1 aromatic rings. The molecule has 0 N–H and O–H groups in total. The first-order chi connectivity index (χ1) is 8.33. The lowest BCUT2D eigenvalue weighted by molar-refractivity contribution is 0.200. The molecule has 0 saturated heterocycles. The lowest BCUT2D eigenvalue weighted by Gasteiger charge is -2.16. The topological polar surface area (TPSA) is 47.9 Å². The minimum atomic E-state index is 0.172. The van der Waals surface area contributed by atoms with E-state index in [-0.39, 0.29) is 12.6 Å². The standard InChI is InChI=1S/C13H17NO3/c1-16-12-7-6-10(9-14-15)8-13(12)17-11-4-2-3-5-11/h6-8,11H,2-5,9H2,1H3. The van der Waals surface area contributed by atoms with Crippen LogP contribution in [0.2, 0.25) is 0 Å². The van der Waals surface area contributed by atoms with E-state index in [0.29, 0.717) is 5.75 Å². The molecule has 4 nitrogen and oxygen atoms in total. The minimum absolute atomic E-state index is 0.172. The first-order valence-corrected chi connectivity index (χ1v) is 5.96. The van der Waals surface area contributed by atoms with Crippen molar-refractivity contribution in [1.29, 1.82) is 0 Å². The van der Waals surface area contributed by atoms with E-state index >= 15 is 0 Å². The number of nitrogens with zero attached hydrogens (tertiary/aromatic N) is 1. The molecule has 1 aliphatic rings. The summed E-state index contributed by atoms with van der Waals surface area (Å²) in [4.78, 5) is 10.3. The SMILES string of the molecule is COc1ccc(CN=O)cc1OC1CCCC1. The van der Waals surface area contributed by atoms with Crippen LogP contribution in [0.25, 0.3) is 0 Å². The smallest absolute Gasteiger partial charge is 0.161 e. The van der Waals surface area contributed by atoms with Gasteiger partial charge in [0, 0.05) is 0 Å². The highest BCUT2D eigenvalue weighted by atomic mass is 16.5. The van der Waals surface area contributed by atoms with Crippen LogP contribution in [0.5, 0.6) is 11.5 Å². The van der Waals surface area contributed by atoms with Gasteiger partial charge in [-0.15, -0.1) is 0 Å². The molecule has 0 atom stereocenters. The van der Waals surface area contributed by atoms with Gasteiger partial charge >= 0.3 is 0 Å². The maximum Gasteiger partial charge on any atom is 0.161 e. The summed E-state index contributed by atoms with van der Waals surface area (Å²) in [7, 11) is 1.62. The number of rotatable bonds is 5. The van der Waals surface area contributed by atoms with E-state index in [0.717, 1.165) is 24.2 Å². The van der Waals surface area contributed by atoms with Crippen LogP contribution in [0.4, 0.5) is 0 Å². The molecule has 0 bridgehead atoms. The molecule has 0 unspecified atom stereocenters. The van der Waals surface area contributed by atoms with Gasteiger partial charge < -0.3 is 9.47 Å². The maximum absolute atomic E-state index is 10.3. The Morgan fingerprint density at radius 2 is 2.06 bits per heavy atom. The van der Waals surface area contributed by atoms with Gasteiger partial charge in [0.05, 0.1) is 13.2 Å². The molecular formula is C13H17NO3. The van der Waals surface area contributed by atoms with E-state index in [9.17, 15) is 4.91 Å². The van der Waals surface area contributed by atoms with Crippen molar-refractivity contribution in [3.63, 3.8) is 0 Å². The first kappa shape index (κ1) is 11.9. The highest BCUT2D eigenvalue weighted by Crippen LogP contribution is 2.32. The van der Waals surface area contributed by atoms with Crippen LogP contribution in [-0.4, -0.2) is 13.2 Å². The van der Waals surface area contributed by atoms with Gasteiger partial charge in [-0.2, -0.15) is 4.91 Å². The quantitative estimate of drug-likeness (QED) is 0.736. The van der Waals surface area contributed by atoms with Gasteiger partial charge in [-0.05, 0) is 43.4 Å². The Balaban J connectivity index is 2.15. The largest absolute Gasteiger partial charge is 0.493 e. The fraction of sp³-hybridized carbons (Fsp3) is 0.538. The van der Waals surface area contributed by atoms with Crippen LogP contribution in [0.3, 0.4) is 0 Å². The Bertz CT molecular complexity index is 386. The number of hydrogen-bond donors (Lipinski definition) is 0. The van der Waals surface area contributed by atoms with E-state index in [1.54, 1.807) is 7.11 Å². The molecule has 92 valence electrons. The van der Waals surface area contributed by atoms with Gasteiger partial charge in [0.2, 0.25) is 0 Å². The average molecular weight is 235 g/mol. The van der Waals surface area contributed by atoms with Gasteiger partial charge in [-0.3, -0.25) is 0 Å². The minimum Gasteiger partial charge on any atom is -0.493 e. The van der Waals surface area contributed by atoms with E-state index in [4.69, 9.17) is 9.47 Å². The number of methoxy groups -OCH3 is 1. The molecular weight excluding hydrogens is 218 g/mol. The van der Waals surface area contributed by atoms with Gasteiger partial charge in [0.15, 0.2) is 11.5 Å². The summed E-state index contributed by atoms with van der Waals surface area (Å²) < 4.78 is 11.2. The van der Waals surface area contributed by atoms with Gasteiger partial charge in [-0.1, -0.05) is 11.2 Å². The second kappa shape index (κ2) is 5.66. The van der Waals surface area contributed by atoms with Crippen molar-refractivity contribution in [2.75, 3.05) is 7.11 Å². The van der Waals surface area contributed by atoms with Gasteiger partial charge in [-0.25, -0.2) is 0 Å². The predicted octanol–water partition coefficient (Wildman–Crippen LogP) is 3.28.